The monoisotopic (exact) mass is 326 g/mol. The molecule has 0 radical (unpaired) electrons. The van der Waals surface area contributed by atoms with E-state index in [0.29, 0.717) is 12.3 Å². The first-order chi connectivity index (χ1) is 11.1. The van der Waals surface area contributed by atoms with Crippen LogP contribution in [-0.4, -0.2) is 14.6 Å². The van der Waals surface area contributed by atoms with E-state index in [4.69, 9.17) is 4.74 Å². The van der Waals surface area contributed by atoms with Crippen molar-refractivity contribution in [1.82, 2.24) is 14.6 Å². The van der Waals surface area contributed by atoms with Gasteiger partial charge in [-0.25, -0.2) is 4.98 Å². The summed E-state index contributed by atoms with van der Waals surface area (Å²) in [6.07, 6.45) is 1.01. The minimum Gasteiger partial charge on any atom is -0.486 e. The molecule has 0 fully saturated rings. The largest absolute Gasteiger partial charge is 0.486 e. The van der Waals surface area contributed by atoms with Crippen molar-refractivity contribution in [2.75, 3.05) is 0 Å². The maximum atomic E-state index is 9.34. The van der Waals surface area contributed by atoms with Crippen LogP contribution >= 0.6 is 11.3 Å². The average molecular weight is 326 g/mol. The lowest BCUT2D eigenvalue weighted by molar-refractivity contribution is 0.304. The van der Waals surface area contributed by atoms with Gasteiger partial charge in [-0.2, -0.15) is 14.9 Å². The number of nitrogens with zero attached hydrogens (tertiary/aromatic N) is 4. The van der Waals surface area contributed by atoms with Gasteiger partial charge in [-0.1, -0.05) is 44.2 Å². The number of imidazole rings is 1. The number of hydrogen-bond donors (Lipinski definition) is 0. The van der Waals surface area contributed by atoms with Gasteiger partial charge in [0.1, 0.15) is 18.4 Å². The maximum absolute atomic E-state index is 9.34. The third-order valence-electron chi connectivity index (χ3n) is 3.62. The van der Waals surface area contributed by atoms with Gasteiger partial charge in [0.05, 0.1) is 5.69 Å². The zero-order valence-electron chi connectivity index (χ0n) is 13.4. The summed E-state index contributed by atoms with van der Waals surface area (Å²) in [5, 5.41) is 14.6. The van der Waals surface area contributed by atoms with Gasteiger partial charge in [-0.3, -0.25) is 0 Å². The molecule has 1 aromatic carbocycles. The van der Waals surface area contributed by atoms with Crippen LogP contribution in [0.2, 0.25) is 0 Å². The molecule has 5 nitrogen and oxygen atoms in total. The van der Waals surface area contributed by atoms with E-state index in [0.717, 1.165) is 27.8 Å². The smallest absolute Gasteiger partial charge is 0.213 e. The Balaban J connectivity index is 1.78. The second-order valence-corrected chi connectivity index (χ2v) is 6.63. The summed E-state index contributed by atoms with van der Waals surface area (Å²) in [7, 11) is 0. The molecule has 2 aromatic heterocycles. The molecule has 0 unspecified atom stereocenters. The van der Waals surface area contributed by atoms with E-state index >= 15 is 0 Å². The van der Waals surface area contributed by atoms with E-state index in [1.807, 2.05) is 26.0 Å². The average Bonchev–Trinajstić information content (AvgIpc) is 3.10. The van der Waals surface area contributed by atoms with Crippen LogP contribution in [0, 0.1) is 11.3 Å². The standard InChI is InChI=1S/C17H18N4OS/c1-4-12-5-7-13(8-6-12)22-10-15-20-21-14(9-18)16(11(2)3)19-17(21)23-15/h5-8,11H,4,10H2,1-3H3. The topological polar surface area (TPSA) is 63.2 Å². The van der Waals surface area contributed by atoms with Crippen LogP contribution in [0.4, 0.5) is 0 Å². The predicted octanol–water partition coefficient (Wildman–Crippen LogP) is 3.93. The fourth-order valence-corrected chi connectivity index (χ4v) is 3.15. The summed E-state index contributed by atoms with van der Waals surface area (Å²) in [4.78, 5) is 5.26. The molecule has 0 aliphatic rings. The Kier molecular flexibility index (Phi) is 4.30. The Labute approximate surface area is 139 Å². The van der Waals surface area contributed by atoms with Crippen LogP contribution in [0.1, 0.15) is 48.6 Å². The van der Waals surface area contributed by atoms with Crippen LogP contribution in [0.5, 0.6) is 5.75 Å². The number of nitriles is 1. The molecule has 0 spiro atoms. The summed E-state index contributed by atoms with van der Waals surface area (Å²) in [6.45, 7) is 6.55. The highest BCUT2D eigenvalue weighted by Gasteiger charge is 2.18. The highest BCUT2D eigenvalue weighted by atomic mass is 32.1. The molecule has 3 aromatic rings. The lowest BCUT2D eigenvalue weighted by Crippen LogP contribution is -1.99. The van der Waals surface area contributed by atoms with Crippen molar-refractivity contribution in [3.63, 3.8) is 0 Å². The number of fused-ring (bicyclic) bond motifs is 1. The van der Waals surface area contributed by atoms with Crippen molar-refractivity contribution < 1.29 is 4.74 Å². The van der Waals surface area contributed by atoms with Gasteiger partial charge in [-0.05, 0) is 30.0 Å². The molecule has 0 atom stereocenters. The van der Waals surface area contributed by atoms with Crippen molar-refractivity contribution in [2.24, 2.45) is 0 Å². The normalized spacial score (nSPS) is 11.1. The van der Waals surface area contributed by atoms with Gasteiger partial charge in [0.15, 0.2) is 10.7 Å². The van der Waals surface area contributed by atoms with E-state index < -0.39 is 0 Å². The highest BCUT2D eigenvalue weighted by Crippen LogP contribution is 2.24. The van der Waals surface area contributed by atoms with Crippen LogP contribution < -0.4 is 4.74 Å². The first-order valence-corrected chi connectivity index (χ1v) is 8.44. The van der Waals surface area contributed by atoms with Crippen molar-refractivity contribution in [3.05, 3.63) is 46.2 Å². The molecule has 23 heavy (non-hydrogen) atoms. The fourth-order valence-electron chi connectivity index (χ4n) is 2.34. The Morgan fingerprint density at radius 3 is 2.65 bits per heavy atom. The molecule has 6 heteroatoms. The Morgan fingerprint density at radius 1 is 1.30 bits per heavy atom. The zero-order chi connectivity index (χ0) is 16.4. The van der Waals surface area contributed by atoms with Crippen molar-refractivity contribution in [3.8, 4) is 11.8 Å². The second kappa shape index (κ2) is 6.39. The molecule has 2 heterocycles. The summed E-state index contributed by atoms with van der Waals surface area (Å²) < 4.78 is 7.39. The van der Waals surface area contributed by atoms with E-state index in [1.54, 1.807) is 4.52 Å². The number of benzene rings is 1. The van der Waals surface area contributed by atoms with Gasteiger partial charge in [0.25, 0.3) is 0 Å². The fraction of sp³-hybridized carbons (Fsp3) is 0.353. The Bertz CT molecular complexity index is 855. The molecule has 0 N–H and O–H groups in total. The van der Waals surface area contributed by atoms with E-state index in [9.17, 15) is 5.26 Å². The van der Waals surface area contributed by atoms with Gasteiger partial charge in [0.2, 0.25) is 4.96 Å². The van der Waals surface area contributed by atoms with Crippen LogP contribution in [0.25, 0.3) is 4.96 Å². The van der Waals surface area contributed by atoms with E-state index in [-0.39, 0.29) is 5.92 Å². The summed E-state index contributed by atoms with van der Waals surface area (Å²) in [6, 6.07) is 10.3. The van der Waals surface area contributed by atoms with Gasteiger partial charge in [-0.15, -0.1) is 0 Å². The minimum absolute atomic E-state index is 0.204. The predicted molar refractivity (Wildman–Crippen MR) is 89.8 cm³/mol. The molecular weight excluding hydrogens is 308 g/mol. The number of hydrogen-bond acceptors (Lipinski definition) is 5. The number of rotatable bonds is 5. The van der Waals surface area contributed by atoms with E-state index in [1.165, 1.54) is 16.9 Å². The lowest BCUT2D eigenvalue weighted by Gasteiger charge is -2.04. The van der Waals surface area contributed by atoms with E-state index in [2.05, 4.69) is 35.2 Å². The Hall–Kier alpha value is -2.39. The highest BCUT2D eigenvalue weighted by molar-refractivity contribution is 7.16. The maximum Gasteiger partial charge on any atom is 0.213 e. The molecular formula is C17H18N4OS. The lowest BCUT2D eigenvalue weighted by atomic mass is 10.1. The second-order valence-electron chi connectivity index (χ2n) is 5.59. The van der Waals surface area contributed by atoms with Crippen molar-refractivity contribution >= 4 is 16.3 Å². The first kappa shape index (κ1) is 15.5. The third kappa shape index (κ3) is 3.06. The summed E-state index contributed by atoms with van der Waals surface area (Å²) in [5.74, 6) is 1.02. The number of aromatic nitrogens is 3. The SMILES string of the molecule is CCc1ccc(OCc2nn3c(C#N)c(C(C)C)nc3s2)cc1. The number of aryl methyl sites for hydroxylation is 1. The molecule has 0 bridgehead atoms. The van der Waals surface area contributed by atoms with Gasteiger partial charge >= 0.3 is 0 Å². The molecule has 118 valence electrons. The quantitative estimate of drug-likeness (QED) is 0.712. The summed E-state index contributed by atoms with van der Waals surface area (Å²) in [5.41, 5.74) is 2.60. The molecule has 0 saturated carbocycles. The molecule has 0 aliphatic carbocycles. The van der Waals surface area contributed by atoms with Crippen LogP contribution in [-0.2, 0) is 13.0 Å². The molecule has 0 saturated heterocycles. The van der Waals surface area contributed by atoms with Crippen LogP contribution in [0.15, 0.2) is 24.3 Å². The molecule has 0 aliphatic heterocycles. The van der Waals surface area contributed by atoms with Crippen molar-refractivity contribution in [2.45, 2.75) is 39.7 Å². The Morgan fingerprint density at radius 2 is 2.04 bits per heavy atom. The zero-order valence-corrected chi connectivity index (χ0v) is 14.2. The minimum atomic E-state index is 0.204. The summed E-state index contributed by atoms with van der Waals surface area (Å²) >= 11 is 1.46. The van der Waals surface area contributed by atoms with Gasteiger partial charge < -0.3 is 4.74 Å². The van der Waals surface area contributed by atoms with Crippen molar-refractivity contribution in [1.29, 1.82) is 5.26 Å². The van der Waals surface area contributed by atoms with Gasteiger partial charge in [0, 0.05) is 0 Å². The third-order valence-corrected chi connectivity index (χ3v) is 4.50. The van der Waals surface area contributed by atoms with Crippen LogP contribution in [0.3, 0.4) is 0 Å². The molecule has 0 amide bonds. The number of ether oxygens (including phenoxy) is 1. The molecule has 3 rings (SSSR count). The first-order valence-electron chi connectivity index (χ1n) is 7.62.